The number of rotatable bonds is 13. The molecule has 0 aromatic heterocycles. The first kappa shape index (κ1) is 23.6. The molecule has 0 aliphatic heterocycles. The van der Waals surface area contributed by atoms with Gasteiger partial charge in [0.15, 0.2) is 0 Å². The van der Waals surface area contributed by atoms with E-state index in [1.54, 1.807) is 24.3 Å². The van der Waals surface area contributed by atoms with Gasteiger partial charge in [-0.05, 0) is 49.1 Å². The summed E-state index contributed by atoms with van der Waals surface area (Å²) in [5.41, 5.74) is 0.529. The molecule has 0 saturated heterocycles. The van der Waals surface area contributed by atoms with Crippen LogP contribution in [0.25, 0.3) is 0 Å². The van der Waals surface area contributed by atoms with Gasteiger partial charge >= 0.3 is 0 Å². The molecule has 0 saturated carbocycles. The molecule has 0 spiro atoms. The maximum absolute atomic E-state index is 12.5. The van der Waals surface area contributed by atoms with Crippen LogP contribution >= 0.6 is 11.8 Å². The molecule has 0 bridgehead atoms. The molecule has 2 aromatic rings. The van der Waals surface area contributed by atoms with Crippen molar-refractivity contribution in [3.63, 3.8) is 0 Å². The lowest BCUT2D eigenvalue weighted by Crippen LogP contribution is -2.49. The molecule has 162 valence electrons. The van der Waals surface area contributed by atoms with E-state index >= 15 is 0 Å². The van der Waals surface area contributed by atoms with Crippen molar-refractivity contribution in [3.8, 4) is 11.5 Å². The Bertz CT molecular complexity index is 769. The molecule has 0 aliphatic carbocycles. The van der Waals surface area contributed by atoms with Crippen molar-refractivity contribution >= 4 is 23.6 Å². The second-order valence-corrected chi connectivity index (χ2v) is 7.57. The Hall–Kier alpha value is -2.67. The van der Waals surface area contributed by atoms with Crippen molar-refractivity contribution in [1.29, 1.82) is 0 Å². The van der Waals surface area contributed by atoms with Crippen LogP contribution in [0.4, 0.5) is 0 Å². The lowest BCUT2D eigenvalue weighted by molar-refractivity contribution is -0.122. The molecule has 2 amide bonds. The van der Waals surface area contributed by atoms with E-state index in [0.717, 1.165) is 18.6 Å². The maximum Gasteiger partial charge on any atom is 0.251 e. The maximum atomic E-state index is 12.5. The van der Waals surface area contributed by atoms with E-state index in [2.05, 4.69) is 17.6 Å². The molecule has 0 fully saturated rings. The van der Waals surface area contributed by atoms with Gasteiger partial charge in [0, 0.05) is 11.3 Å². The summed E-state index contributed by atoms with van der Waals surface area (Å²) < 4.78 is 11.3. The first-order valence-corrected chi connectivity index (χ1v) is 11.5. The number of amides is 2. The number of hydrogen-bond donors (Lipinski definition) is 2. The van der Waals surface area contributed by atoms with E-state index in [0.29, 0.717) is 36.8 Å². The molecule has 1 unspecified atom stereocenters. The van der Waals surface area contributed by atoms with Crippen molar-refractivity contribution in [2.24, 2.45) is 0 Å². The number of unbranched alkanes of at least 4 members (excludes halogenated alkanes) is 1. The van der Waals surface area contributed by atoms with E-state index in [9.17, 15) is 9.59 Å². The van der Waals surface area contributed by atoms with Gasteiger partial charge in [0.2, 0.25) is 5.91 Å². The van der Waals surface area contributed by atoms with E-state index < -0.39 is 6.04 Å². The molecule has 2 aromatic carbocycles. The van der Waals surface area contributed by atoms with E-state index in [1.807, 2.05) is 36.6 Å². The summed E-state index contributed by atoms with van der Waals surface area (Å²) in [6.07, 6.45) is 4.02. The molecule has 7 heteroatoms. The predicted octanol–water partition coefficient (Wildman–Crippen LogP) is 3.52. The average Bonchev–Trinajstić information content (AvgIpc) is 2.78. The Morgan fingerprint density at radius 1 is 0.967 bits per heavy atom. The summed E-state index contributed by atoms with van der Waals surface area (Å²) >= 11 is 1.50. The minimum Gasteiger partial charge on any atom is -0.494 e. The van der Waals surface area contributed by atoms with Crippen LogP contribution in [0, 0.1) is 0 Å². The average molecular weight is 431 g/mol. The van der Waals surface area contributed by atoms with Crippen molar-refractivity contribution in [2.45, 2.75) is 25.8 Å². The Balaban J connectivity index is 1.74. The zero-order chi connectivity index (χ0) is 21.6. The molecular weight excluding hydrogens is 400 g/mol. The fraction of sp³-hybridized carbons (Fsp3) is 0.391. The van der Waals surface area contributed by atoms with Gasteiger partial charge in [0.05, 0.1) is 13.2 Å². The fourth-order valence-corrected chi connectivity index (χ4v) is 3.18. The van der Waals surface area contributed by atoms with Crippen LogP contribution in [0.1, 0.15) is 30.1 Å². The summed E-state index contributed by atoms with van der Waals surface area (Å²) in [6.45, 7) is 3.51. The van der Waals surface area contributed by atoms with Crippen LogP contribution in [-0.4, -0.2) is 49.6 Å². The Kier molecular flexibility index (Phi) is 10.7. The molecule has 2 rings (SSSR count). The van der Waals surface area contributed by atoms with Crippen molar-refractivity contribution < 1.29 is 19.1 Å². The summed E-state index contributed by atoms with van der Waals surface area (Å²) in [6, 6.07) is 15.7. The smallest absolute Gasteiger partial charge is 0.251 e. The third kappa shape index (κ3) is 8.37. The van der Waals surface area contributed by atoms with Crippen molar-refractivity contribution in [2.75, 3.05) is 31.8 Å². The topological polar surface area (TPSA) is 76.7 Å². The van der Waals surface area contributed by atoms with E-state index in [-0.39, 0.29) is 11.8 Å². The third-order valence-electron chi connectivity index (χ3n) is 4.25. The highest BCUT2D eigenvalue weighted by Gasteiger charge is 2.20. The summed E-state index contributed by atoms with van der Waals surface area (Å²) in [5, 5.41) is 5.62. The highest BCUT2D eigenvalue weighted by atomic mass is 32.2. The zero-order valence-corrected chi connectivity index (χ0v) is 18.4. The van der Waals surface area contributed by atoms with Gasteiger partial charge in [-0.25, -0.2) is 0 Å². The number of hydrogen-bond acceptors (Lipinski definition) is 5. The Labute approximate surface area is 182 Å². The first-order chi connectivity index (χ1) is 14.6. The van der Waals surface area contributed by atoms with Gasteiger partial charge < -0.3 is 20.1 Å². The minimum atomic E-state index is -0.604. The second-order valence-electron chi connectivity index (χ2n) is 6.66. The molecule has 0 radical (unpaired) electrons. The van der Waals surface area contributed by atoms with Gasteiger partial charge in [-0.2, -0.15) is 11.8 Å². The van der Waals surface area contributed by atoms with Gasteiger partial charge in [-0.3, -0.25) is 9.59 Å². The van der Waals surface area contributed by atoms with Crippen LogP contribution in [0.2, 0.25) is 0 Å². The summed E-state index contributed by atoms with van der Waals surface area (Å²) in [5.74, 6) is 1.53. The van der Waals surface area contributed by atoms with E-state index in [4.69, 9.17) is 9.47 Å². The summed E-state index contributed by atoms with van der Waals surface area (Å²) in [4.78, 5) is 24.8. The quantitative estimate of drug-likeness (QED) is 0.476. The van der Waals surface area contributed by atoms with Crippen LogP contribution < -0.4 is 20.1 Å². The van der Waals surface area contributed by atoms with Crippen molar-refractivity contribution in [3.05, 3.63) is 60.2 Å². The van der Waals surface area contributed by atoms with E-state index in [1.165, 1.54) is 11.8 Å². The highest BCUT2D eigenvalue weighted by Crippen LogP contribution is 2.17. The number of carbonyl (C=O) groups is 2. The molecule has 2 N–H and O–H groups in total. The molecule has 0 aliphatic rings. The molecule has 1 atom stereocenters. The number of thioether (sulfide) groups is 1. The fourth-order valence-electron chi connectivity index (χ4n) is 2.61. The minimum absolute atomic E-state index is 0.225. The van der Waals surface area contributed by atoms with Gasteiger partial charge in [-0.15, -0.1) is 0 Å². The molecular formula is C23H30N2O4S. The van der Waals surface area contributed by atoms with Crippen molar-refractivity contribution in [1.82, 2.24) is 10.6 Å². The van der Waals surface area contributed by atoms with Gasteiger partial charge in [-0.1, -0.05) is 31.5 Å². The van der Waals surface area contributed by atoms with Crippen LogP contribution in [0.15, 0.2) is 54.6 Å². The van der Waals surface area contributed by atoms with Crippen LogP contribution in [0.5, 0.6) is 11.5 Å². The number of nitrogens with one attached hydrogen (secondary N) is 2. The zero-order valence-electron chi connectivity index (χ0n) is 17.6. The normalized spacial score (nSPS) is 11.4. The molecule has 0 heterocycles. The monoisotopic (exact) mass is 430 g/mol. The summed E-state index contributed by atoms with van der Waals surface area (Å²) in [7, 11) is 0. The SMILES string of the molecule is CCCCOc1ccc(OCCNC(=O)C(CSC)NC(=O)c2ccccc2)cc1. The third-order valence-corrected chi connectivity index (χ3v) is 4.92. The van der Waals surface area contributed by atoms with Crippen LogP contribution in [0.3, 0.4) is 0 Å². The lowest BCUT2D eigenvalue weighted by atomic mass is 10.2. The highest BCUT2D eigenvalue weighted by molar-refractivity contribution is 7.98. The number of benzene rings is 2. The number of carbonyl (C=O) groups excluding carboxylic acids is 2. The largest absolute Gasteiger partial charge is 0.494 e. The van der Waals surface area contributed by atoms with Gasteiger partial charge in [0.1, 0.15) is 24.1 Å². The molecule has 6 nitrogen and oxygen atoms in total. The second kappa shape index (κ2) is 13.5. The standard InChI is InChI=1S/C23H30N2O4S/c1-3-4-15-28-19-10-12-20(13-11-19)29-16-14-24-23(27)21(17-30-2)25-22(26)18-8-6-5-7-9-18/h5-13,21H,3-4,14-17H2,1-2H3,(H,24,27)(H,25,26). The molecule has 30 heavy (non-hydrogen) atoms. The predicted molar refractivity (Wildman–Crippen MR) is 121 cm³/mol. The first-order valence-electron chi connectivity index (χ1n) is 10.1. The lowest BCUT2D eigenvalue weighted by Gasteiger charge is -2.18. The Morgan fingerprint density at radius 3 is 2.20 bits per heavy atom. The van der Waals surface area contributed by atoms with Crippen LogP contribution in [-0.2, 0) is 4.79 Å². The number of ether oxygens (including phenoxy) is 2. The Morgan fingerprint density at radius 2 is 1.60 bits per heavy atom. The van der Waals surface area contributed by atoms with Gasteiger partial charge in [0.25, 0.3) is 5.91 Å².